The van der Waals surface area contributed by atoms with Crippen molar-refractivity contribution in [1.29, 1.82) is 0 Å². The Morgan fingerprint density at radius 2 is 2.12 bits per heavy atom. The molecule has 0 aliphatic carbocycles. The number of nitrogens with zero attached hydrogens (tertiary/aromatic N) is 2. The van der Waals surface area contributed by atoms with Gasteiger partial charge in [-0.2, -0.15) is 0 Å². The lowest BCUT2D eigenvalue weighted by atomic mass is 10.3. The topological polar surface area (TPSA) is 73.2 Å². The first kappa shape index (κ1) is 17.4. The van der Waals surface area contributed by atoms with E-state index in [2.05, 4.69) is 10.4 Å². The summed E-state index contributed by atoms with van der Waals surface area (Å²) in [7, 11) is 0. The number of aromatic nitrogens is 2. The van der Waals surface area contributed by atoms with Gasteiger partial charge in [0.2, 0.25) is 0 Å². The Kier molecular flexibility index (Phi) is 5.06. The van der Waals surface area contributed by atoms with Crippen molar-refractivity contribution >= 4 is 39.1 Å². The lowest BCUT2D eigenvalue weighted by Gasteiger charge is -2.15. The van der Waals surface area contributed by atoms with Gasteiger partial charge in [-0.05, 0) is 43.7 Å². The number of nitrogens with one attached hydrogen (secondary N) is 1. The molecule has 130 valence electrons. The molecule has 0 aliphatic rings. The molecular weight excluding hydrogens is 362 g/mol. The van der Waals surface area contributed by atoms with Crippen molar-refractivity contribution < 1.29 is 9.53 Å². The normalized spacial score (nSPS) is 12.1. The van der Waals surface area contributed by atoms with Gasteiger partial charge >= 0.3 is 0 Å². The zero-order valence-corrected chi connectivity index (χ0v) is 15.2. The number of benzene rings is 1. The molecule has 1 aromatic carbocycles. The Morgan fingerprint density at radius 3 is 2.80 bits per heavy atom. The molecule has 3 rings (SSSR count). The molecule has 1 atom stereocenters. The second kappa shape index (κ2) is 7.25. The van der Waals surface area contributed by atoms with E-state index in [0.717, 1.165) is 16.0 Å². The lowest BCUT2D eigenvalue weighted by Crippen LogP contribution is -2.39. The highest BCUT2D eigenvalue weighted by atomic mass is 35.5. The molecular formula is C17H16ClN3O3S. The van der Waals surface area contributed by atoms with Crippen molar-refractivity contribution in [1.82, 2.24) is 9.66 Å². The molecule has 0 saturated heterocycles. The largest absolute Gasteiger partial charge is 0.481 e. The van der Waals surface area contributed by atoms with Crippen molar-refractivity contribution in [3.8, 4) is 5.75 Å². The Labute approximate surface area is 153 Å². The highest BCUT2D eigenvalue weighted by molar-refractivity contribution is 7.18. The van der Waals surface area contributed by atoms with Gasteiger partial charge < -0.3 is 4.74 Å². The molecule has 3 aromatic rings. The second-order valence-electron chi connectivity index (χ2n) is 5.39. The molecule has 0 aliphatic heterocycles. The summed E-state index contributed by atoms with van der Waals surface area (Å²) in [6.07, 6.45) is 1.35. The van der Waals surface area contributed by atoms with Crippen LogP contribution in [0.5, 0.6) is 5.75 Å². The van der Waals surface area contributed by atoms with Crippen LogP contribution in [-0.2, 0) is 11.2 Å². The second-order valence-corrected chi connectivity index (χ2v) is 6.95. The molecule has 8 heteroatoms. The zero-order valence-electron chi connectivity index (χ0n) is 13.7. The fourth-order valence-corrected chi connectivity index (χ4v) is 3.26. The predicted molar refractivity (Wildman–Crippen MR) is 99.2 cm³/mol. The van der Waals surface area contributed by atoms with Crippen molar-refractivity contribution in [2.75, 3.05) is 5.43 Å². The summed E-state index contributed by atoms with van der Waals surface area (Å²) >= 11 is 7.29. The van der Waals surface area contributed by atoms with Gasteiger partial charge in [0.05, 0.1) is 5.39 Å². The van der Waals surface area contributed by atoms with Crippen LogP contribution in [0.15, 0.2) is 41.5 Å². The van der Waals surface area contributed by atoms with E-state index in [0.29, 0.717) is 21.0 Å². The van der Waals surface area contributed by atoms with Gasteiger partial charge in [-0.3, -0.25) is 15.0 Å². The number of hydrogen-bond donors (Lipinski definition) is 1. The van der Waals surface area contributed by atoms with E-state index in [-0.39, 0.29) is 5.56 Å². The van der Waals surface area contributed by atoms with Crippen LogP contribution in [0.3, 0.4) is 0 Å². The molecule has 2 aromatic heterocycles. The maximum absolute atomic E-state index is 12.5. The number of hydrogen-bond acceptors (Lipinski definition) is 5. The Balaban J connectivity index is 1.75. The number of halogens is 1. The first-order valence-corrected chi connectivity index (χ1v) is 8.90. The molecule has 0 unspecified atom stereocenters. The Morgan fingerprint density at radius 1 is 1.40 bits per heavy atom. The highest BCUT2D eigenvalue weighted by Crippen LogP contribution is 2.21. The third-order valence-corrected chi connectivity index (χ3v) is 5.02. The number of aryl methyl sites for hydroxylation is 1. The van der Waals surface area contributed by atoms with E-state index in [1.165, 1.54) is 17.7 Å². The first-order valence-electron chi connectivity index (χ1n) is 7.71. The molecule has 1 N–H and O–H groups in total. The summed E-state index contributed by atoms with van der Waals surface area (Å²) in [6, 6.07) is 8.50. The standard InChI is InChI=1S/C17H16ClN3O3S/c1-3-13-8-14-16(25-13)19-9-21(17(14)23)20-15(22)10(2)24-12-6-4-11(18)5-7-12/h4-10H,3H2,1-2H3,(H,20,22)/t10-/m0/s1. The third kappa shape index (κ3) is 3.83. The number of ether oxygens (including phenoxy) is 1. The van der Waals surface area contributed by atoms with E-state index >= 15 is 0 Å². The average Bonchev–Trinajstić information content (AvgIpc) is 3.03. The molecule has 25 heavy (non-hydrogen) atoms. The summed E-state index contributed by atoms with van der Waals surface area (Å²) in [5.74, 6) is 0.0579. The molecule has 2 heterocycles. The molecule has 0 saturated carbocycles. The highest BCUT2D eigenvalue weighted by Gasteiger charge is 2.17. The number of thiophene rings is 1. The zero-order chi connectivity index (χ0) is 18.0. The molecule has 0 fully saturated rings. The fourth-order valence-electron chi connectivity index (χ4n) is 2.21. The van der Waals surface area contributed by atoms with Gasteiger partial charge in [-0.1, -0.05) is 18.5 Å². The molecule has 1 amide bonds. The summed E-state index contributed by atoms with van der Waals surface area (Å²) in [5.41, 5.74) is 2.21. The number of carbonyl (C=O) groups excluding carboxylic acids is 1. The Hall–Kier alpha value is -2.38. The van der Waals surface area contributed by atoms with Crippen molar-refractivity contribution in [3.05, 3.63) is 56.9 Å². The van der Waals surface area contributed by atoms with Gasteiger partial charge in [0.15, 0.2) is 6.10 Å². The van der Waals surface area contributed by atoms with Gasteiger partial charge in [0.25, 0.3) is 11.5 Å². The molecule has 0 spiro atoms. The number of rotatable bonds is 5. The van der Waals surface area contributed by atoms with E-state index < -0.39 is 12.0 Å². The lowest BCUT2D eigenvalue weighted by molar-refractivity contribution is -0.123. The van der Waals surface area contributed by atoms with Crippen molar-refractivity contribution in [3.63, 3.8) is 0 Å². The maximum atomic E-state index is 12.5. The van der Waals surface area contributed by atoms with E-state index in [1.807, 2.05) is 13.0 Å². The number of carbonyl (C=O) groups is 1. The minimum atomic E-state index is -0.794. The summed E-state index contributed by atoms with van der Waals surface area (Å²) in [6.45, 7) is 3.61. The minimum absolute atomic E-state index is 0.312. The number of amides is 1. The van der Waals surface area contributed by atoms with Crippen LogP contribution in [0.1, 0.15) is 18.7 Å². The SMILES string of the molecule is CCc1cc2c(=O)n(NC(=O)[C@H](C)Oc3ccc(Cl)cc3)cnc2s1. The van der Waals surface area contributed by atoms with Crippen LogP contribution in [0.2, 0.25) is 5.02 Å². The van der Waals surface area contributed by atoms with Gasteiger partial charge in [-0.25, -0.2) is 9.66 Å². The summed E-state index contributed by atoms with van der Waals surface area (Å²) < 4.78 is 6.63. The smallest absolute Gasteiger partial charge is 0.280 e. The van der Waals surface area contributed by atoms with Crippen LogP contribution in [0.4, 0.5) is 0 Å². The summed E-state index contributed by atoms with van der Waals surface area (Å²) in [4.78, 5) is 30.7. The van der Waals surface area contributed by atoms with E-state index in [4.69, 9.17) is 16.3 Å². The van der Waals surface area contributed by atoms with Crippen LogP contribution in [0.25, 0.3) is 10.2 Å². The van der Waals surface area contributed by atoms with Gasteiger partial charge in [0.1, 0.15) is 16.9 Å². The quantitative estimate of drug-likeness (QED) is 0.741. The predicted octanol–water partition coefficient (Wildman–Crippen LogP) is 3.21. The minimum Gasteiger partial charge on any atom is -0.481 e. The van der Waals surface area contributed by atoms with Crippen LogP contribution in [0, 0.1) is 0 Å². The van der Waals surface area contributed by atoms with Crippen LogP contribution < -0.4 is 15.7 Å². The van der Waals surface area contributed by atoms with Crippen LogP contribution >= 0.6 is 22.9 Å². The van der Waals surface area contributed by atoms with Crippen LogP contribution in [-0.4, -0.2) is 21.7 Å². The summed E-state index contributed by atoms with van der Waals surface area (Å²) in [5, 5.41) is 1.08. The maximum Gasteiger partial charge on any atom is 0.280 e. The average molecular weight is 378 g/mol. The fraction of sp³-hybridized carbons (Fsp3) is 0.235. The van der Waals surface area contributed by atoms with Gasteiger partial charge in [-0.15, -0.1) is 11.3 Å². The molecule has 0 bridgehead atoms. The van der Waals surface area contributed by atoms with E-state index in [9.17, 15) is 9.59 Å². The number of fused-ring (bicyclic) bond motifs is 1. The first-order chi connectivity index (χ1) is 12.0. The monoisotopic (exact) mass is 377 g/mol. The third-order valence-electron chi connectivity index (χ3n) is 3.58. The van der Waals surface area contributed by atoms with Gasteiger partial charge in [0, 0.05) is 9.90 Å². The van der Waals surface area contributed by atoms with Crippen molar-refractivity contribution in [2.24, 2.45) is 0 Å². The Bertz CT molecular complexity index is 965. The molecule has 0 radical (unpaired) electrons. The van der Waals surface area contributed by atoms with E-state index in [1.54, 1.807) is 31.2 Å². The van der Waals surface area contributed by atoms with Crippen molar-refractivity contribution in [2.45, 2.75) is 26.4 Å². The molecule has 6 nitrogen and oxygen atoms in total.